The Labute approximate surface area is 232 Å². The number of hydrogen-bond acceptors (Lipinski definition) is 9. The van der Waals surface area contributed by atoms with Crippen LogP contribution in [0.4, 0.5) is 14.5 Å². The summed E-state index contributed by atoms with van der Waals surface area (Å²) in [5, 5.41) is 13.5. The first kappa shape index (κ1) is 27.5. The number of esters is 1. The first-order valence-electron chi connectivity index (χ1n) is 12.8. The van der Waals surface area contributed by atoms with E-state index >= 15 is 0 Å². The zero-order valence-corrected chi connectivity index (χ0v) is 22.7. The van der Waals surface area contributed by atoms with Crippen LogP contribution in [0.5, 0.6) is 0 Å². The van der Waals surface area contributed by atoms with Crippen LogP contribution in [0.3, 0.4) is 0 Å². The number of aromatic nitrogens is 6. The van der Waals surface area contributed by atoms with Crippen molar-refractivity contribution in [2.75, 3.05) is 11.9 Å². The third-order valence-corrected chi connectivity index (χ3v) is 7.35. The Balaban J connectivity index is 1.37. The van der Waals surface area contributed by atoms with E-state index in [9.17, 15) is 18.4 Å². The predicted octanol–water partition coefficient (Wildman–Crippen LogP) is 4.84. The summed E-state index contributed by atoms with van der Waals surface area (Å²) in [6.45, 7) is 3.87. The molecule has 0 spiro atoms. The maximum absolute atomic E-state index is 14.7. The van der Waals surface area contributed by atoms with Gasteiger partial charge in [0.05, 0.1) is 24.0 Å². The first-order chi connectivity index (χ1) is 19.3. The molecule has 0 atom stereocenters. The molecule has 5 rings (SSSR count). The van der Waals surface area contributed by atoms with E-state index in [0.717, 1.165) is 37.8 Å². The molecule has 0 aromatic carbocycles. The Morgan fingerprint density at radius 1 is 1.12 bits per heavy atom. The number of anilines is 1. The number of amides is 1. The molecule has 4 aromatic rings. The maximum atomic E-state index is 14.7. The zero-order valence-electron chi connectivity index (χ0n) is 21.8. The lowest BCUT2D eigenvalue weighted by Gasteiger charge is -2.28. The van der Waals surface area contributed by atoms with Crippen LogP contribution >= 0.6 is 11.3 Å². The van der Waals surface area contributed by atoms with Crippen LogP contribution in [-0.4, -0.2) is 54.1 Å². The molecule has 11 nitrogen and oxygen atoms in total. The lowest BCUT2D eigenvalue weighted by molar-refractivity contribution is -0.145. The van der Waals surface area contributed by atoms with Crippen molar-refractivity contribution >= 4 is 28.9 Å². The van der Waals surface area contributed by atoms with Crippen LogP contribution in [-0.2, 0) is 21.0 Å². The van der Waals surface area contributed by atoms with Crippen molar-refractivity contribution in [3.05, 3.63) is 53.6 Å². The second-order valence-electron chi connectivity index (χ2n) is 9.25. The number of nitrogens with zero attached hydrogens (tertiary/aromatic N) is 6. The van der Waals surface area contributed by atoms with E-state index in [1.165, 1.54) is 22.9 Å². The summed E-state index contributed by atoms with van der Waals surface area (Å²) >= 11 is 1.23. The SMILES string of the molecule is CCOC1CCC(n2cc(NC(=O)c3csc(-c4cnn(COC(C)=O)c4)n3)c(-c3nc(F)ccc3F)n2)CC1. The number of pyridine rings is 1. The zero-order chi connectivity index (χ0) is 28.2. The Morgan fingerprint density at radius 2 is 1.93 bits per heavy atom. The third-order valence-electron chi connectivity index (χ3n) is 6.45. The van der Waals surface area contributed by atoms with Gasteiger partial charge in [0.25, 0.3) is 5.91 Å². The van der Waals surface area contributed by atoms with Gasteiger partial charge in [-0.1, -0.05) is 0 Å². The summed E-state index contributed by atoms with van der Waals surface area (Å²) in [4.78, 5) is 32.3. The van der Waals surface area contributed by atoms with Crippen LogP contribution in [0.15, 0.2) is 36.1 Å². The Morgan fingerprint density at radius 3 is 2.67 bits per heavy atom. The molecule has 1 aliphatic rings. The minimum absolute atomic E-state index is 0.00659. The summed E-state index contributed by atoms with van der Waals surface area (Å²) < 4.78 is 42.5. The minimum atomic E-state index is -0.862. The highest BCUT2D eigenvalue weighted by atomic mass is 32.1. The Hall–Kier alpha value is -4.04. The molecule has 0 unspecified atom stereocenters. The smallest absolute Gasteiger partial charge is 0.304 e. The molecule has 1 N–H and O–H groups in total. The highest BCUT2D eigenvalue weighted by molar-refractivity contribution is 7.13. The molecule has 4 aromatic heterocycles. The number of hydrogen-bond donors (Lipinski definition) is 1. The monoisotopic (exact) mass is 571 g/mol. The van der Waals surface area contributed by atoms with Gasteiger partial charge in [0.15, 0.2) is 12.5 Å². The second-order valence-corrected chi connectivity index (χ2v) is 10.1. The van der Waals surface area contributed by atoms with E-state index < -0.39 is 23.6 Å². The lowest BCUT2D eigenvalue weighted by atomic mass is 9.93. The summed E-state index contributed by atoms with van der Waals surface area (Å²) in [5.41, 5.74) is 0.683. The fourth-order valence-electron chi connectivity index (χ4n) is 4.54. The van der Waals surface area contributed by atoms with Crippen molar-refractivity contribution in [2.45, 2.75) is 58.4 Å². The average molecular weight is 572 g/mol. The van der Waals surface area contributed by atoms with Crippen molar-refractivity contribution < 1.29 is 27.8 Å². The van der Waals surface area contributed by atoms with Crippen LogP contribution in [0.2, 0.25) is 0 Å². The Bertz CT molecular complexity index is 1510. The number of thiazole rings is 1. The van der Waals surface area contributed by atoms with Gasteiger partial charge in [-0.15, -0.1) is 11.3 Å². The number of ether oxygens (including phenoxy) is 2. The van der Waals surface area contributed by atoms with Crippen molar-refractivity contribution in [3.63, 3.8) is 0 Å². The topological polar surface area (TPSA) is 126 Å². The standard InChI is InChI=1S/C26H27F2N7O4S/c1-3-38-18-6-4-17(5-7-18)35-12-20(24(33-35)23-19(27)8-9-22(28)32-23)30-25(37)21-13-40-26(31-21)16-10-29-34(11-16)14-39-15(2)36/h8-13,17-18H,3-7,14H2,1-2H3,(H,30,37). The average Bonchev–Trinajstić information content (AvgIpc) is 3.69. The van der Waals surface area contributed by atoms with Crippen LogP contribution in [0.1, 0.15) is 56.1 Å². The predicted molar refractivity (Wildman–Crippen MR) is 141 cm³/mol. The fraction of sp³-hybridized carbons (Fsp3) is 0.385. The molecular weight excluding hydrogens is 544 g/mol. The van der Waals surface area contributed by atoms with Gasteiger partial charge in [0.2, 0.25) is 5.95 Å². The molecule has 0 aliphatic heterocycles. The minimum Gasteiger partial charge on any atom is -0.443 e. The number of nitrogens with one attached hydrogen (secondary N) is 1. The molecule has 4 heterocycles. The molecule has 0 bridgehead atoms. The van der Waals surface area contributed by atoms with Crippen molar-refractivity contribution in [2.24, 2.45) is 0 Å². The number of halogens is 2. The van der Waals surface area contributed by atoms with E-state index in [-0.39, 0.29) is 41.6 Å². The van der Waals surface area contributed by atoms with Crippen LogP contribution in [0.25, 0.3) is 22.0 Å². The first-order valence-corrected chi connectivity index (χ1v) is 13.6. The van der Waals surface area contributed by atoms with E-state index in [2.05, 4.69) is 25.5 Å². The maximum Gasteiger partial charge on any atom is 0.304 e. The van der Waals surface area contributed by atoms with Crippen molar-refractivity contribution in [3.8, 4) is 22.0 Å². The quantitative estimate of drug-likeness (QED) is 0.224. The van der Waals surface area contributed by atoms with Gasteiger partial charge in [-0.25, -0.2) is 19.0 Å². The van der Waals surface area contributed by atoms with E-state index in [1.807, 2.05) is 6.92 Å². The van der Waals surface area contributed by atoms with Gasteiger partial charge in [-0.05, 0) is 44.7 Å². The van der Waals surface area contributed by atoms with Gasteiger partial charge in [-0.2, -0.15) is 14.6 Å². The molecular formula is C26H27F2N7O4S. The van der Waals surface area contributed by atoms with E-state index in [4.69, 9.17) is 9.47 Å². The van der Waals surface area contributed by atoms with Gasteiger partial charge < -0.3 is 14.8 Å². The van der Waals surface area contributed by atoms with Crippen molar-refractivity contribution in [1.82, 2.24) is 29.5 Å². The van der Waals surface area contributed by atoms with Gasteiger partial charge in [-0.3, -0.25) is 14.3 Å². The Kier molecular flexibility index (Phi) is 8.26. The molecule has 1 fully saturated rings. The molecule has 1 saturated carbocycles. The van der Waals surface area contributed by atoms with Crippen LogP contribution < -0.4 is 5.32 Å². The normalized spacial score (nSPS) is 17.1. The van der Waals surface area contributed by atoms with Gasteiger partial charge >= 0.3 is 5.97 Å². The highest BCUT2D eigenvalue weighted by Gasteiger charge is 2.27. The highest BCUT2D eigenvalue weighted by Crippen LogP contribution is 2.34. The summed E-state index contributed by atoms with van der Waals surface area (Å²) in [7, 11) is 0. The van der Waals surface area contributed by atoms with E-state index in [0.29, 0.717) is 17.2 Å². The largest absolute Gasteiger partial charge is 0.443 e. The molecule has 210 valence electrons. The third kappa shape index (κ3) is 6.23. The lowest BCUT2D eigenvalue weighted by Crippen LogP contribution is -2.24. The molecule has 0 saturated heterocycles. The number of carbonyl (C=O) groups is 2. The van der Waals surface area contributed by atoms with Gasteiger partial charge in [0, 0.05) is 36.9 Å². The summed E-state index contributed by atoms with van der Waals surface area (Å²) in [6, 6.07) is 1.91. The summed E-state index contributed by atoms with van der Waals surface area (Å²) in [6.07, 6.45) is 8.27. The van der Waals surface area contributed by atoms with Crippen molar-refractivity contribution in [1.29, 1.82) is 0 Å². The molecule has 40 heavy (non-hydrogen) atoms. The number of carbonyl (C=O) groups excluding carboxylic acids is 2. The molecule has 1 amide bonds. The van der Waals surface area contributed by atoms with Crippen LogP contribution in [0, 0.1) is 11.8 Å². The summed E-state index contributed by atoms with van der Waals surface area (Å²) in [5.74, 6) is -2.60. The fourth-order valence-corrected chi connectivity index (χ4v) is 5.32. The number of rotatable bonds is 9. The molecule has 1 aliphatic carbocycles. The van der Waals surface area contributed by atoms with E-state index in [1.54, 1.807) is 28.7 Å². The molecule has 14 heteroatoms. The molecule has 0 radical (unpaired) electrons. The van der Waals surface area contributed by atoms with Gasteiger partial charge in [0.1, 0.15) is 22.1 Å². The second kappa shape index (κ2) is 12.0.